The molecule has 2 atom stereocenters. The Morgan fingerprint density at radius 1 is 1.25 bits per heavy atom. The van der Waals surface area contributed by atoms with Crippen molar-refractivity contribution in [3.63, 3.8) is 0 Å². The van der Waals surface area contributed by atoms with Crippen molar-refractivity contribution < 1.29 is 4.39 Å². The van der Waals surface area contributed by atoms with Crippen molar-refractivity contribution in [2.45, 2.75) is 32.5 Å². The Hall–Kier alpha value is -0.0800. The van der Waals surface area contributed by atoms with Crippen LogP contribution in [0.25, 0.3) is 0 Å². The van der Waals surface area contributed by atoms with Gasteiger partial charge in [-0.3, -0.25) is 0 Å². The minimum atomic E-state index is -0.245. The molecule has 1 aromatic carbocycles. The van der Waals surface area contributed by atoms with Gasteiger partial charge in [-0.1, -0.05) is 54.4 Å². The lowest BCUT2D eigenvalue weighted by Gasteiger charge is -2.23. The number of rotatable bonds is 3. The van der Waals surface area contributed by atoms with Crippen molar-refractivity contribution in [1.82, 2.24) is 0 Å². The third kappa shape index (κ3) is 2.98. The van der Waals surface area contributed by atoms with E-state index in [1.54, 1.807) is 6.92 Å². The quantitative estimate of drug-likeness (QED) is 0.645. The highest BCUT2D eigenvalue weighted by Gasteiger charge is 2.22. The molecule has 90 valence electrons. The van der Waals surface area contributed by atoms with Gasteiger partial charge >= 0.3 is 0 Å². The summed E-state index contributed by atoms with van der Waals surface area (Å²) in [6, 6.07) is 3.23. The van der Waals surface area contributed by atoms with Crippen molar-refractivity contribution >= 4 is 27.5 Å². The van der Waals surface area contributed by atoms with E-state index in [1.807, 2.05) is 6.07 Å². The van der Waals surface area contributed by atoms with Crippen LogP contribution in [0.2, 0.25) is 5.02 Å². The van der Waals surface area contributed by atoms with Crippen LogP contribution in [0.5, 0.6) is 0 Å². The van der Waals surface area contributed by atoms with E-state index in [4.69, 9.17) is 11.6 Å². The van der Waals surface area contributed by atoms with Crippen molar-refractivity contribution in [3.05, 3.63) is 34.1 Å². The summed E-state index contributed by atoms with van der Waals surface area (Å²) >= 11 is 9.73. The van der Waals surface area contributed by atoms with Gasteiger partial charge in [-0.2, -0.15) is 0 Å². The standard InChI is InChI=1S/C13H17BrClF/c1-7(2)9(4)13(14)10-5-8(3)12(16)6-11(10)15/h5-7,9,13H,1-4H3. The van der Waals surface area contributed by atoms with E-state index >= 15 is 0 Å². The summed E-state index contributed by atoms with van der Waals surface area (Å²) in [5.74, 6) is 0.749. The van der Waals surface area contributed by atoms with Gasteiger partial charge in [-0.25, -0.2) is 4.39 Å². The fourth-order valence-electron chi connectivity index (χ4n) is 1.51. The third-order valence-corrected chi connectivity index (χ3v) is 4.74. The Kier molecular flexibility index (Phi) is 4.81. The third-order valence-electron chi connectivity index (χ3n) is 3.09. The molecule has 0 amide bonds. The summed E-state index contributed by atoms with van der Waals surface area (Å²) in [5, 5.41) is 0.498. The zero-order valence-electron chi connectivity index (χ0n) is 10.0. The van der Waals surface area contributed by atoms with Gasteiger partial charge in [0.1, 0.15) is 5.82 Å². The predicted molar refractivity (Wildman–Crippen MR) is 71.8 cm³/mol. The fraction of sp³-hybridized carbons (Fsp3) is 0.538. The van der Waals surface area contributed by atoms with Crippen LogP contribution >= 0.6 is 27.5 Å². The Labute approximate surface area is 110 Å². The van der Waals surface area contributed by atoms with Crippen molar-refractivity contribution in [2.75, 3.05) is 0 Å². The highest BCUT2D eigenvalue weighted by atomic mass is 79.9. The molecule has 3 heteroatoms. The lowest BCUT2D eigenvalue weighted by Crippen LogP contribution is -2.11. The molecule has 0 aliphatic heterocycles. The number of hydrogen-bond acceptors (Lipinski definition) is 0. The van der Waals surface area contributed by atoms with Gasteiger partial charge in [0.15, 0.2) is 0 Å². The van der Waals surface area contributed by atoms with Crippen LogP contribution in [0.1, 0.15) is 36.7 Å². The molecule has 0 saturated carbocycles. The molecular formula is C13H17BrClF. The number of benzene rings is 1. The normalized spacial score (nSPS) is 15.2. The zero-order valence-corrected chi connectivity index (χ0v) is 12.4. The molecule has 16 heavy (non-hydrogen) atoms. The summed E-state index contributed by atoms with van der Waals surface area (Å²) in [4.78, 5) is 0.166. The molecule has 0 aliphatic carbocycles. The molecule has 0 heterocycles. The second-order valence-electron chi connectivity index (χ2n) is 4.63. The average Bonchev–Trinajstić information content (AvgIpc) is 2.21. The molecule has 1 aromatic rings. The number of alkyl halides is 1. The molecule has 0 bridgehead atoms. The van der Waals surface area contributed by atoms with Crippen molar-refractivity contribution in [3.8, 4) is 0 Å². The zero-order chi connectivity index (χ0) is 12.5. The predicted octanol–water partition coefficient (Wildman–Crippen LogP) is 5.52. The van der Waals surface area contributed by atoms with E-state index in [9.17, 15) is 4.39 Å². The first-order chi connectivity index (χ1) is 7.34. The summed E-state index contributed by atoms with van der Waals surface area (Å²) < 4.78 is 13.3. The molecule has 0 radical (unpaired) electrons. The van der Waals surface area contributed by atoms with Crippen LogP contribution in [0.3, 0.4) is 0 Å². The van der Waals surface area contributed by atoms with Crippen LogP contribution in [0, 0.1) is 24.6 Å². The summed E-state index contributed by atoms with van der Waals surface area (Å²) in [6.07, 6.45) is 0. The van der Waals surface area contributed by atoms with Gasteiger partial charge in [-0.05, 0) is 36.0 Å². The topological polar surface area (TPSA) is 0 Å². The first kappa shape index (κ1) is 14.0. The maximum Gasteiger partial charge on any atom is 0.127 e. The molecular weight excluding hydrogens is 290 g/mol. The summed E-state index contributed by atoms with van der Waals surface area (Å²) in [7, 11) is 0. The van der Waals surface area contributed by atoms with E-state index in [-0.39, 0.29) is 10.6 Å². The highest BCUT2D eigenvalue weighted by Crippen LogP contribution is 2.39. The highest BCUT2D eigenvalue weighted by molar-refractivity contribution is 9.09. The van der Waals surface area contributed by atoms with E-state index in [2.05, 4.69) is 36.7 Å². The van der Waals surface area contributed by atoms with Gasteiger partial charge in [0, 0.05) is 9.85 Å². The van der Waals surface area contributed by atoms with Crippen LogP contribution in [0.4, 0.5) is 4.39 Å². The van der Waals surface area contributed by atoms with Gasteiger partial charge in [0.25, 0.3) is 0 Å². The second-order valence-corrected chi connectivity index (χ2v) is 6.02. The summed E-state index contributed by atoms with van der Waals surface area (Å²) in [5.41, 5.74) is 1.61. The molecule has 0 nitrogen and oxygen atoms in total. The van der Waals surface area contributed by atoms with Gasteiger partial charge < -0.3 is 0 Å². The number of halogens is 3. The van der Waals surface area contributed by atoms with Gasteiger partial charge in [0.05, 0.1) is 0 Å². The summed E-state index contributed by atoms with van der Waals surface area (Å²) in [6.45, 7) is 8.26. The first-order valence-electron chi connectivity index (χ1n) is 5.44. The molecule has 0 N–H and O–H groups in total. The first-order valence-corrected chi connectivity index (χ1v) is 6.73. The SMILES string of the molecule is Cc1cc(C(Br)C(C)C(C)C)c(Cl)cc1F. The van der Waals surface area contributed by atoms with Crippen LogP contribution in [-0.2, 0) is 0 Å². The molecule has 0 fully saturated rings. The Bertz CT molecular complexity index is 376. The van der Waals surface area contributed by atoms with E-state index < -0.39 is 0 Å². The van der Waals surface area contributed by atoms with Crippen molar-refractivity contribution in [2.24, 2.45) is 11.8 Å². The van der Waals surface area contributed by atoms with Crippen LogP contribution in [0.15, 0.2) is 12.1 Å². The minimum Gasteiger partial charge on any atom is -0.207 e. The Morgan fingerprint density at radius 3 is 2.31 bits per heavy atom. The number of hydrogen-bond donors (Lipinski definition) is 0. The van der Waals surface area contributed by atoms with E-state index in [0.29, 0.717) is 22.4 Å². The molecule has 2 unspecified atom stereocenters. The van der Waals surface area contributed by atoms with Crippen molar-refractivity contribution in [1.29, 1.82) is 0 Å². The maximum absolute atomic E-state index is 13.3. The Balaban J connectivity index is 3.08. The number of aryl methyl sites for hydroxylation is 1. The fourth-order valence-corrected chi connectivity index (χ4v) is 2.90. The average molecular weight is 308 g/mol. The lowest BCUT2D eigenvalue weighted by atomic mass is 9.90. The second kappa shape index (κ2) is 5.50. The smallest absolute Gasteiger partial charge is 0.127 e. The van der Waals surface area contributed by atoms with E-state index in [1.165, 1.54) is 6.07 Å². The minimum absolute atomic E-state index is 0.166. The molecule has 1 rings (SSSR count). The van der Waals surface area contributed by atoms with Gasteiger partial charge in [-0.15, -0.1) is 0 Å². The molecule has 0 aromatic heterocycles. The van der Waals surface area contributed by atoms with E-state index in [0.717, 1.165) is 5.56 Å². The van der Waals surface area contributed by atoms with Crippen LogP contribution in [-0.4, -0.2) is 0 Å². The molecule has 0 aliphatic rings. The monoisotopic (exact) mass is 306 g/mol. The molecule has 0 spiro atoms. The Morgan fingerprint density at radius 2 is 1.81 bits per heavy atom. The van der Waals surface area contributed by atoms with Gasteiger partial charge in [0.2, 0.25) is 0 Å². The maximum atomic E-state index is 13.3. The molecule has 0 saturated heterocycles. The van der Waals surface area contributed by atoms with Crippen LogP contribution < -0.4 is 0 Å². The largest absolute Gasteiger partial charge is 0.207 e. The lowest BCUT2D eigenvalue weighted by molar-refractivity contribution is 0.414.